The van der Waals surface area contributed by atoms with Gasteiger partial charge in [-0.2, -0.15) is 4.31 Å². The lowest BCUT2D eigenvalue weighted by molar-refractivity contribution is -0.383. The van der Waals surface area contributed by atoms with Gasteiger partial charge in [-0.15, -0.1) is 0 Å². The molecule has 118 valence electrons. The maximum absolute atomic E-state index is 12.6. The lowest BCUT2D eigenvalue weighted by Crippen LogP contribution is -2.34. The lowest BCUT2D eigenvalue weighted by Gasteiger charge is -2.19. The molecule has 1 fully saturated rings. The molecule has 8 nitrogen and oxygen atoms in total. The molecule has 10 heteroatoms. The van der Waals surface area contributed by atoms with Crippen molar-refractivity contribution >= 4 is 32.0 Å². The van der Waals surface area contributed by atoms with Gasteiger partial charge in [-0.3, -0.25) is 10.1 Å². The van der Waals surface area contributed by atoms with E-state index >= 15 is 0 Å². The third-order valence-electron chi connectivity index (χ3n) is 3.56. The average Bonchev–Trinajstić information content (AvgIpc) is 3.06. The third kappa shape index (κ3) is 3.03. The average molecular weight is 334 g/mol. The number of likely N-dealkylation sites (N-methyl/N-ethyl adjacent to an activating group) is 1. The molecule has 1 aromatic heterocycles. The maximum atomic E-state index is 12.6. The zero-order valence-corrected chi connectivity index (χ0v) is 13.7. The van der Waals surface area contributed by atoms with Gasteiger partial charge in [0.05, 0.1) is 4.92 Å². The van der Waals surface area contributed by atoms with Crippen molar-refractivity contribution in [3.8, 4) is 0 Å². The van der Waals surface area contributed by atoms with Gasteiger partial charge in [0.2, 0.25) is 0 Å². The lowest BCUT2D eigenvalue weighted by atomic mass is 10.2. The molecule has 0 aliphatic carbocycles. The Bertz CT molecular complexity index is 641. The van der Waals surface area contributed by atoms with Crippen molar-refractivity contribution < 1.29 is 13.3 Å². The van der Waals surface area contributed by atoms with Crippen LogP contribution in [-0.2, 0) is 10.0 Å². The summed E-state index contributed by atoms with van der Waals surface area (Å²) in [4.78, 5) is 12.4. The quantitative estimate of drug-likeness (QED) is 0.638. The summed E-state index contributed by atoms with van der Waals surface area (Å²) in [5.41, 5.74) is -0.204. The molecule has 1 aliphatic heterocycles. The van der Waals surface area contributed by atoms with Gasteiger partial charge in [-0.25, -0.2) is 8.42 Å². The van der Waals surface area contributed by atoms with Gasteiger partial charge in [0.1, 0.15) is 4.21 Å². The number of hydrogen-bond donors (Lipinski definition) is 1. The molecule has 1 saturated heterocycles. The number of rotatable bonds is 5. The van der Waals surface area contributed by atoms with Crippen molar-refractivity contribution in [3.05, 3.63) is 16.2 Å². The van der Waals surface area contributed by atoms with Crippen LogP contribution in [-0.4, -0.2) is 62.8 Å². The van der Waals surface area contributed by atoms with Crippen LogP contribution in [0.25, 0.3) is 0 Å². The molecule has 1 aromatic rings. The van der Waals surface area contributed by atoms with Gasteiger partial charge in [0.15, 0.2) is 5.00 Å². The van der Waals surface area contributed by atoms with Gasteiger partial charge in [0.25, 0.3) is 10.0 Å². The highest BCUT2D eigenvalue weighted by molar-refractivity contribution is 7.91. The molecule has 21 heavy (non-hydrogen) atoms. The summed E-state index contributed by atoms with van der Waals surface area (Å²) in [6.07, 6.45) is 0.762. The molecule has 1 aliphatic rings. The Morgan fingerprint density at radius 2 is 2.19 bits per heavy atom. The highest BCUT2D eigenvalue weighted by Gasteiger charge is 2.36. The van der Waals surface area contributed by atoms with Gasteiger partial charge >= 0.3 is 5.69 Å². The minimum Gasteiger partial charge on any atom is -0.374 e. The molecule has 1 unspecified atom stereocenters. The summed E-state index contributed by atoms with van der Waals surface area (Å²) < 4.78 is 26.6. The van der Waals surface area contributed by atoms with Crippen molar-refractivity contribution in [3.63, 3.8) is 0 Å². The maximum Gasteiger partial charge on any atom is 0.304 e. The molecule has 0 aromatic carbocycles. The Hall–Kier alpha value is -1.23. The van der Waals surface area contributed by atoms with Gasteiger partial charge < -0.3 is 10.2 Å². The predicted molar refractivity (Wildman–Crippen MR) is 81.4 cm³/mol. The number of nitro groups is 1. The second kappa shape index (κ2) is 5.87. The highest BCUT2D eigenvalue weighted by Crippen LogP contribution is 2.38. The first-order valence-corrected chi connectivity index (χ1v) is 8.65. The van der Waals surface area contributed by atoms with Crippen LogP contribution in [0.1, 0.15) is 6.42 Å². The van der Waals surface area contributed by atoms with Gasteiger partial charge in [-0.05, 0) is 20.5 Å². The summed E-state index contributed by atoms with van der Waals surface area (Å²) >= 11 is 0.895. The van der Waals surface area contributed by atoms with E-state index in [0.29, 0.717) is 13.1 Å². The summed E-state index contributed by atoms with van der Waals surface area (Å²) in [5.74, 6) is 0. The minimum atomic E-state index is -3.67. The number of nitrogens with zero attached hydrogens (tertiary/aromatic N) is 3. The second-order valence-corrected chi connectivity index (χ2v) is 8.27. The van der Waals surface area contributed by atoms with Crippen molar-refractivity contribution in [2.75, 3.05) is 39.5 Å². The van der Waals surface area contributed by atoms with Crippen LogP contribution in [0.15, 0.2) is 10.3 Å². The van der Waals surface area contributed by atoms with Crippen LogP contribution in [0.2, 0.25) is 0 Å². The summed E-state index contributed by atoms with van der Waals surface area (Å²) in [6.45, 7) is 0.849. The Labute approximate surface area is 127 Å². The first kappa shape index (κ1) is 16.1. The molecule has 2 heterocycles. The summed E-state index contributed by atoms with van der Waals surface area (Å²) in [6, 6.07) is 1.31. The number of nitrogens with one attached hydrogen (secondary N) is 1. The molecule has 0 bridgehead atoms. The zero-order chi connectivity index (χ0) is 15.8. The molecular formula is C11H18N4O4S2. The second-order valence-electron chi connectivity index (χ2n) is 5.06. The van der Waals surface area contributed by atoms with Crippen molar-refractivity contribution in [1.29, 1.82) is 0 Å². The van der Waals surface area contributed by atoms with E-state index in [1.165, 1.54) is 11.4 Å². The third-order valence-corrected chi connectivity index (χ3v) is 7.02. The van der Waals surface area contributed by atoms with Crippen LogP contribution in [0.4, 0.5) is 10.7 Å². The Morgan fingerprint density at radius 3 is 2.62 bits per heavy atom. The number of hydrogen-bond acceptors (Lipinski definition) is 7. The van der Waals surface area contributed by atoms with E-state index in [0.717, 1.165) is 23.8 Å². The Morgan fingerprint density at radius 1 is 1.52 bits per heavy atom. The van der Waals surface area contributed by atoms with Gasteiger partial charge in [0, 0.05) is 32.2 Å². The van der Waals surface area contributed by atoms with E-state index in [1.54, 1.807) is 0 Å². The fraction of sp³-hybridized carbons (Fsp3) is 0.636. The SMILES string of the molecule is CNc1sc(S(=O)(=O)N2CCC(N(C)C)C2)cc1[N+](=O)[O-]. The van der Waals surface area contributed by atoms with Crippen LogP contribution < -0.4 is 5.32 Å². The molecular weight excluding hydrogens is 316 g/mol. The molecule has 0 spiro atoms. The van der Waals surface area contributed by atoms with E-state index in [1.807, 2.05) is 19.0 Å². The zero-order valence-electron chi connectivity index (χ0n) is 12.1. The fourth-order valence-electron chi connectivity index (χ4n) is 2.28. The van der Waals surface area contributed by atoms with Crippen LogP contribution >= 0.6 is 11.3 Å². The van der Waals surface area contributed by atoms with E-state index in [-0.39, 0.29) is 20.9 Å². The molecule has 1 atom stereocenters. The Kier molecular flexibility index (Phi) is 4.51. The van der Waals surface area contributed by atoms with E-state index in [4.69, 9.17) is 0 Å². The summed E-state index contributed by atoms with van der Waals surface area (Å²) in [7, 11) is 1.69. The van der Waals surface area contributed by atoms with Gasteiger partial charge in [-0.1, -0.05) is 11.3 Å². The molecule has 1 N–H and O–H groups in total. The van der Waals surface area contributed by atoms with Crippen molar-refractivity contribution in [2.24, 2.45) is 0 Å². The molecule has 0 radical (unpaired) electrons. The molecule has 2 rings (SSSR count). The normalized spacial score (nSPS) is 20.1. The van der Waals surface area contributed by atoms with E-state index in [2.05, 4.69) is 5.32 Å². The standard InChI is InChI=1S/C11H18N4O4S2/c1-12-11-9(15(16)17)6-10(20-11)21(18,19)14-5-4-8(7-14)13(2)3/h6,8,12H,4-5,7H2,1-3H3. The first-order chi connectivity index (χ1) is 9.77. The number of anilines is 1. The monoisotopic (exact) mass is 334 g/mol. The van der Waals surface area contributed by atoms with Crippen LogP contribution in [0.5, 0.6) is 0 Å². The van der Waals surface area contributed by atoms with Crippen LogP contribution in [0.3, 0.4) is 0 Å². The minimum absolute atomic E-state index is 0.0120. The smallest absolute Gasteiger partial charge is 0.304 e. The first-order valence-electron chi connectivity index (χ1n) is 6.40. The topological polar surface area (TPSA) is 95.8 Å². The number of thiophene rings is 1. The van der Waals surface area contributed by atoms with E-state index in [9.17, 15) is 18.5 Å². The molecule has 0 amide bonds. The fourth-order valence-corrected chi connectivity index (χ4v) is 5.21. The van der Waals surface area contributed by atoms with Crippen molar-refractivity contribution in [2.45, 2.75) is 16.7 Å². The van der Waals surface area contributed by atoms with E-state index < -0.39 is 14.9 Å². The highest BCUT2D eigenvalue weighted by atomic mass is 32.2. The predicted octanol–water partition coefficient (Wildman–Crippen LogP) is 1.02. The van der Waals surface area contributed by atoms with Crippen LogP contribution in [0, 0.1) is 10.1 Å². The summed E-state index contributed by atoms with van der Waals surface area (Å²) in [5, 5.41) is 13.9. The molecule has 0 saturated carbocycles. The number of sulfonamides is 1. The Balaban J connectivity index is 2.31. The largest absolute Gasteiger partial charge is 0.374 e. The van der Waals surface area contributed by atoms with Crippen molar-refractivity contribution in [1.82, 2.24) is 9.21 Å².